The van der Waals surface area contributed by atoms with Gasteiger partial charge in [0.05, 0.1) is 0 Å². The van der Waals surface area contributed by atoms with Crippen molar-refractivity contribution in [2.45, 2.75) is 45.3 Å². The summed E-state index contributed by atoms with van der Waals surface area (Å²) in [6.07, 6.45) is 1.32. The highest BCUT2D eigenvalue weighted by Crippen LogP contribution is 2.18. The minimum Gasteiger partial charge on any atom is -0.476 e. The van der Waals surface area contributed by atoms with Crippen molar-refractivity contribution >= 4 is 17.9 Å². The Morgan fingerprint density at radius 2 is 2.09 bits per heavy atom. The average Bonchev–Trinajstić information content (AvgIpc) is 2.45. The summed E-state index contributed by atoms with van der Waals surface area (Å²) < 4.78 is 5.26. The molecule has 2 N–H and O–H groups in total. The molecule has 1 saturated heterocycles. The molecule has 23 heavy (non-hydrogen) atoms. The van der Waals surface area contributed by atoms with Crippen LogP contribution in [0.3, 0.4) is 0 Å². The minimum absolute atomic E-state index is 0.0421. The number of amides is 1. The van der Waals surface area contributed by atoms with Gasteiger partial charge in [-0.15, -0.1) is 10.2 Å². The highest BCUT2D eigenvalue weighted by molar-refractivity contribution is 5.85. The van der Waals surface area contributed by atoms with Crippen LogP contribution in [0.25, 0.3) is 0 Å². The van der Waals surface area contributed by atoms with Crippen molar-refractivity contribution in [2.24, 2.45) is 0 Å². The van der Waals surface area contributed by atoms with E-state index < -0.39 is 17.7 Å². The molecule has 0 spiro atoms. The molecule has 0 unspecified atom stereocenters. The van der Waals surface area contributed by atoms with Gasteiger partial charge in [-0.2, -0.15) is 0 Å². The zero-order chi connectivity index (χ0) is 17.0. The second-order valence-electron chi connectivity index (χ2n) is 6.51. The van der Waals surface area contributed by atoms with Gasteiger partial charge in [-0.25, -0.2) is 9.59 Å². The fourth-order valence-electron chi connectivity index (χ4n) is 2.39. The third-order valence-electron chi connectivity index (χ3n) is 3.34. The van der Waals surface area contributed by atoms with Gasteiger partial charge in [0, 0.05) is 19.1 Å². The number of ether oxygens (including phenoxy) is 1. The number of carboxylic acid groups (broad SMARTS) is 1. The zero-order valence-electron chi connectivity index (χ0n) is 13.6. The quantitative estimate of drug-likeness (QED) is 0.872. The van der Waals surface area contributed by atoms with Gasteiger partial charge in [-0.1, -0.05) is 0 Å². The summed E-state index contributed by atoms with van der Waals surface area (Å²) >= 11 is 0. The molecule has 0 aliphatic carbocycles. The standard InChI is InChI=1S/C15H22N4O4/c1-15(2,3)23-14(22)16-10-5-4-8-19(9-10)12-7-6-11(13(20)21)17-18-12/h6-7,10H,4-5,8-9H2,1-3H3,(H,16,22)(H,20,21)/t10-/m1/s1. The molecule has 0 bridgehead atoms. The van der Waals surface area contributed by atoms with E-state index >= 15 is 0 Å². The smallest absolute Gasteiger partial charge is 0.407 e. The van der Waals surface area contributed by atoms with Crippen LogP contribution in [0.5, 0.6) is 0 Å². The van der Waals surface area contributed by atoms with Crippen LogP contribution in [-0.2, 0) is 4.74 Å². The number of carbonyl (C=O) groups excluding carboxylic acids is 1. The van der Waals surface area contributed by atoms with Gasteiger partial charge < -0.3 is 20.1 Å². The number of hydrogen-bond donors (Lipinski definition) is 2. The molecule has 1 aromatic heterocycles. The summed E-state index contributed by atoms with van der Waals surface area (Å²) in [5, 5.41) is 19.3. The molecular weight excluding hydrogens is 300 g/mol. The zero-order valence-corrected chi connectivity index (χ0v) is 13.6. The molecule has 0 radical (unpaired) electrons. The van der Waals surface area contributed by atoms with Gasteiger partial charge in [0.2, 0.25) is 0 Å². The summed E-state index contributed by atoms with van der Waals surface area (Å²) in [7, 11) is 0. The molecule has 1 aliphatic rings. The largest absolute Gasteiger partial charge is 0.476 e. The first-order valence-corrected chi connectivity index (χ1v) is 7.56. The number of nitrogens with one attached hydrogen (secondary N) is 1. The number of piperidine rings is 1. The summed E-state index contributed by atoms with van der Waals surface area (Å²) in [5.74, 6) is -0.502. The van der Waals surface area contributed by atoms with Crippen molar-refractivity contribution in [1.82, 2.24) is 15.5 Å². The van der Waals surface area contributed by atoms with Crippen molar-refractivity contribution in [3.05, 3.63) is 17.8 Å². The summed E-state index contributed by atoms with van der Waals surface area (Å²) in [6, 6.07) is 3.02. The van der Waals surface area contributed by atoms with Crippen LogP contribution in [0.4, 0.5) is 10.6 Å². The SMILES string of the molecule is CC(C)(C)OC(=O)N[C@@H]1CCCN(c2ccc(C(=O)O)nn2)C1. The lowest BCUT2D eigenvalue weighted by Gasteiger charge is -2.34. The fraction of sp³-hybridized carbons (Fsp3) is 0.600. The molecule has 8 nitrogen and oxygen atoms in total. The predicted octanol–water partition coefficient (Wildman–Crippen LogP) is 1.67. The van der Waals surface area contributed by atoms with E-state index in [0.717, 1.165) is 19.4 Å². The fourth-order valence-corrected chi connectivity index (χ4v) is 2.39. The molecule has 1 atom stereocenters. The Balaban J connectivity index is 1.95. The molecule has 1 aliphatic heterocycles. The second kappa shape index (κ2) is 6.80. The van der Waals surface area contributed by atoms with Gasteiger partial charge >= 0.3 is 12.1 Å². The lowest BCUT2D eigenvalue weighted by Crippen LogP contribution is -2.49. The molecule has 2 heterocycles. The lowest BCUT2D eigenvalue weighted by atomic mass is 10.1. The Bertz CT molecular complexity index is 568. The number of rotatable bonds is 3. The number of carbonyl (C=O) groups is 2. The van der Waals surface area contributed by atoms with E-state index in [-0.39, 0.29) is 11.7 Å². The molecular formula is C15H22N4O4. The maximum atomic E-state index is 11.8. The molecule has 1 fully saturated rings. The van der Waals surface area contributed by atoms with E-state index in [1.807, 2.05) is 25.7 Å². The monoisotopic (exact) mass is 322 g/mol. The Hall–Kier alpha value is -2.38. The Morgan fingerprint density at radius 3 is 2.65 bits per heavy atom. The number of alkyl carbamates (subject to hydrolysis) is 1. The molecule has 0 saturated carbocycles. The first-order valence-electron chi connectivity index (χ1n) is 7.56. The van der Waals surface area contributed by atoms with E-state index in [9.17, 15) is 9.59 Å². The Labute approximate surface area is 134 Å². The number of carboxylic acids is 1. The van der Waals surface area contributed by atoms with Gasteiger partial charge in [-0.3, -0.25) is 0 Å². The van der Waals surface area contributed by atoms with E-state index in [2.05, 4.69) is 15.5 Å². The van der Waals surface area contributed by atoms with Crippen molar-refractivity contribution in [2.75, 3.05) is 18.0 Å². The number of nitrogens with zero attached hydrogens (tertiary/aromatic N) is 3. The van der Waals surface area contributed by atoms with Crippen LogP contribution in [-0.4, -0.2) is 52.1 Å². The predicted molar refractivity (Wildman–Crippen MR) is 83.6 cm³/mol. The van der Waals surface area contributed by atoms with Gasteiger partial charge in [-0.05, 0) is 45.7 Å². The maximum Gasteiger partial charge on any atom is 0.407 e. The van der Waals surface area contributed by atoms with Crippen LogP contribution in [0.2, 0.25) is 0 Å². The molecule has 126 valence electrons. The number of hydrogen-bond acceptors (Lipinski definition) is 6. The molecule has 2 rings (SSSR count). The molecule has 8 heteroatoms. The third kappa shape index (κ3) is 5.08. The van der Waals surface area contributed by atoms with E-state index in [0.29, 0.717) is 12.4 Å². The summed E-state index contributed by atoms with van der Waals surface area (Å²) in [6.45, 7) is 6.83. The van der Waals surface area contributed by atoms with Crippen LogP contribution in [0, 0.1) is 0 Å². The second-order valence-corrected chi connectivity index (χ2v) is 6.51. The Kier molecular flexibility index (Phi) is 5.02. The van der Waals surface area contributed by atoms with Crippen LogP contribution in [0.15, 0.2) is 12.1 Å². The van der Waals surface area contributed by atoms with E-state index in [1.165, 1.54) is 6.07 Å². The highest BCUT2D eigenvalue weighted by atomic mass is 16.6. The maximum absolute atomic E-state index is 11.8. The molecule has 1 amide bonds. The third-order valence-corrected chi connectivity index (χ3v) is 3.34. The van der Waals surface area contributed by atoms with Gasteiger partial charge in [0.15, 0.2) is 11.5 Å². The van der Waals surface area contributed by atoms with Crippen molar-refractivity contribution in [3.63, 3.8) is 0 Å². The minimum atomic E-state index is -1.10. The summed E-state index contributed by atoms with van der Waals surface area (Å²) in [4.78, 5) is 24.6. The first-order chi connectivity index (χ1) is 10.7. The normalized spacial score (nSPS) is 18.4. The topological polar surface area (TPSA) is 105 Å². The van der Waals surface area contributed by atoms with Crippen molar-refractivity contribution in [1.29, 1.82) is 0 Å². The number of aromatic nitrogens is 2. The number of aromatic carboxylic acids is 1. The van der Waals surface area contributed by atoms with Crippen LogP contribution >= 0.6 is 0 Å². The lowest BCUT2D eigenvalue weighted by molar-refractivity contribution is 0.0499. The van der Waals surface area contributed by atoms with E-state index in [4.69, 9.17) is 9.84 Å². The Morgan fingerprint density at radius 1 is 1.35 bits per heavy atom. The van der Waals surface area contributed by atoms with Gasteiger partial charge in [0.1, 0.15) is 5.60 Å². The van der Waals surface area contributed by atoms with Gasteiger partial charge in [0.25, 0.3) is 0 Å². The average molecular weight is 322 g/mol. The van der Waals surface area contributed by atoms with Crippen molar-refractivity contribution in [3.8, 4) is 0 Å². The van der Waals surface area contributed by atoms with E-state index in [1.54, 1.807) is 6.07 Å². The molecule has 0 aromatic carbocycles. The first kappa shape index (κ1) is 17.0. The van der Waals surface area contributed by atoms with Crippen LogP contribution < -0.4 is 10.2 Å². The van der Waals surface area contributed by atoms with Crippen molar-refractivity contribution < 1.29 is 19.4 Å². The number of anilines is 1. The summed E-state index contributed by atoms with van der Waals surface area (Å²) in [5.41, 5.74) is -0.620. The van der Waals surface area contributed by atoms with Crippen LogP contribution in [0.1, 0.15) is 44.1 Å². The molecule has 1 aromatic rings. The highest BCUT2D eigenvalue weighted by Gasteiger charge is 2.25.